The van der Waals surface area contributed by atoms with Crippen LogP contribution in [0.2, 0.25) is 0 Å². The lowest BCUT2D eigenvalue weighted by atomic mass is 9.61. The number of aliphatic carboxylic acids is 2. The summed E-state index contributed by atoms with van der Waals surface area (Å²) < 4.78 is 0. The lowest BCUT2D eigenvalue weighted by Crippen LogP contribution is -2.62. The molecular weight excluding hydrogens is 422 g/mol. The molecule has 1 saturated heterocycles. The first kappa shape index (κ1) is 24.5. The van der Waals surface area contributed by atoms with E-state index in [9.17, 15) is 10.2 Å². The summed E-state index contributed by atoms with van der Waals surface area (Å²) >= 11 is 0. The van der Waals surface area contributed by atoms with Crippen LogP contribution in [-0.2, 0) is 15.0 Å². The number of phenolic OH excluding ortho intramolecular Hbond substituents is 1. The second kappa shape index (κ2) is 11.1. The molecule has 7 nitrogen and oxygen atoms in total. The van der Waals surface area contributed by atoms with E-state index in [0.717, 1.165) is 50.8 Å². The molecule has 0 amide bonds. The molecule has 2 bridgehead atoms. The quantitative estimate of drug-likeness (QED) is 0.512. The van der Waals surface area contributed by atoms with Gasteiger partial charge in [0, 0.05) is 18.0 Å². The van der Waals surface area contributed by atoms with Gasteiger partial charge in [0.2, 0.25) is 0 Å². The van der Waals surface area contributed by atoms with Gasteiger partial charge in [-0.25, -0.2) is 9.59 Å². The zero-order valence-corrected chi connectivity index (χ0v) is 18.5. The number of rotatable bonds is 5. The van der Waals surface area contributed by atoms with Gasteiger partial charge in [0.15, 0.2) is 0 Å². The largest absolute Gasteiger partial charge is 0.508 e. The number of benzene rings is 2. The fourth-order valence-electron chi connectivity index (χ4n) is 5.04. The highest BCUT2D eigenvalue weighted by atomic mass is 16.4. The molecule has 4 N–H and O–H groups in total. The summed E-state index contributed by atoms with van der Waals surface area (Å²) in [6.07, 6.45) is 9.21. The second-order valence-corrected chi connectivity index (χ2v) is 8.61. The number of hydrogen-bond donors (Lipinski definition) is 4. The van der Waals surface area contributed by atoms with E-state index < -0.39 is 11.9 Å². The van der Waals surface area contributed by atoms with Gasteiger partial charge < -0.3 is 20.4 Å². The summed E-state index contributed by atoms with van der Waals surface area (Å²) in [7, 11) is 0. The zero-order chi connectivity index (χ0) is 23.8. The van der Waals surface area contributed by atoms with Crippen molar-refractivity contribution in [1.82, 2.24) is 4.90 Å². The first-order chi connectivity index (χ1) is 15.8. The van der Waals surface area contributed by atoms with Gasteiger partial charge in [0.1, 0.15) is 5.75 Å². The van der Waals surface area contributed by atoms with Crippen molar-refractivity contribution in [2.75, 3.05) is 13.1 Å². The van der Waals surface area contributed by atoms with Crippen LogP contribution in [0.1, 0.15) is 43.2 Å². The molecule has 2 fully saturated rings. The first-order valence-electron chi connectivity index (χ1n) is 11.2. The number of likely N-dealkylation sites (tertiary alicyclic amines) is 1. The Morgan fingerprint density at radius 2 is 1.76 bits per heavy atom. The highest BCUT2D eigenvalue weighted by molar-refractivity contribution is 6.27. The van der Waals surface area contributed by atoms with Crippen LogP contribution in [0.5, 0.6) is 5.75 Å². The molecule has 0 radical (unpaired) electrons. The molecule has 1 aliphatic carbocycles. The van der Waals surface area contributed by atoms with Crippen molar-refractivity contribution in [2.45, 2.75) is 49.7 Å². The van der Waals surface area contributed by atoms with Crippen molar-refractivity contribution in [2.24, 2.45) is 0 Å². The van der Waals surface area contributed by atoms with Gasteiger partial charge in [-0.15, -0.1) is 0 Å². The third kappa shape index (κ3) is 6.00. The van der Waals surface area contributed by atoms with Crippen LogP contribution >= 0.6 is 0 Å². The molecule has 176 valence electrons. The number of carboxylic acid groups (broad SMARTS) is 2. The maximum atomic E-state index is 11.2. The zero-order valence-electron chi connectivity index (χ0n) is 18.5. The molecule has 33 heavy (non-hydrogen) atoms. The van der Waals surface area contributed by atoms with Gasteiger partial charge >= 0.3 is 11.9 Å². The Balaban J connectivity index is 0.000000454. The van der Waals surface area contributed by atoms with Gasteiger partial charge in [-0.2, -0.15) is 0 Å². The van der Waals surface area contributed by atoms with Gasteiger partial charge in [-0.1, -0.05) is 61.0 Å². The summed E-state index contributed by atoms with van der Waals surface area (Å²) in [5.74, 6) is -3.35. The number of phenols is 1. The normalized spacial score (nSPS) is 24.6. The van der Waals surface area contributed by atoms with Crippen molar-refractivity contribution in [3.63, 3.8) is 0 Å². The molecule has 1 saturated carbocycles. The first-order valence-corrected chi connectivity index (χ1v) is 11.2. The number of hydrogen-bond acceptors (Lipinski definition) is 5. The number of carbonyl (C=O) groups is 2. The lowest BCUT2D eigenvalue weighted by Gasteiger charge is -2.54. The molecular formula is C26H31NO6. The minimum Gasteiger partial charge on any atom is -0.508 e. The number of carboxylic acids is 2. The van der Waals surface area contributed by atoms with Crippen LogP contribution in [0.3, 0.4) is 0 Å². The van der Waals surface area contributed by atoms with Gasteiger partial charge in [-0.05, 0) is 55.5 Å². The molecule has 1 heterocycles. The third-order valence-corrected chi connectivity index (χ3v) is 6.66. The van der Waals surface area contributed by atoms with Crippen molar-refractivity contribution >= 4 is 18.0 Å². The lowest BCUT2D eigenvalue weighted by molar-refractivity contribution is -0.159. The van der Waals surface area contributed by atoms with E-state index in [4.69, 9.17) is 19.8 Å². The summed E-state index contributed by atoms with van der Waals surface area (Å²) in [4.78, 5) is 20.7. The van der Waals surface area contributed by atoms with Gasteiger partial charge in [-0.3, -0.25) is 4.90 Å². The Morgan fingerprint density at radius 1 is 1.03 bits per heavy atom. The minimum atomic E-state index is -1.82. The standard InChI is InChI=1S/C24H29NO2.C2H2O4/c26-21-12-6-11-20(18-21)24-14-7-13-22(23(24)27)25(17-15-24)16-5-4-10-19-8-2-1-3-9-19;3-1(4)2(5)6/h1-4,6,8-12,18,22-23,26-27H,5,7,13-17H2;(H,3,4)(H,5,6)/b10-4+;/t22-,23-,24-;/m0./s1. The number of nitrogens with zero attached hydrogens (tertiary/aromatic N) is 1. The average molecular weight is 454 g/mol. The van der Waals surface area contributed by atoms with E-state index in [0.29, 0.717) is 5.75 Å². The summed E-state index contributed by atoms with van der Waals surface area (Å²) in [5, 5.41) is 35.9. The molecule has 2 aromatic carbocycles. The monoisotopic (exact) mass is 453 g/mol. The molecule has 0 spiro atoms. The van der Waals surface area contributed by atoms with E-state index in [1.54, 1.807) is 6.07 Å². The molecule has 2 aromatic rings. The average Bonchev–Trinajstić information content (AvgIpc) is 2.79. The van der Waals surface area contributed by atoms with E-state index in [1.165, 1.54) is 5.56 Å². The van der Waals surface area contributed by atoms with Crippen LogP contribution in [0.25, 0.3) is 6.08 Å². The molecule has 3 atom stereocenters. The van der Waals surface area contributed by atoms with Crippen LogP contribution in [-0.4, -0.2) is 62.5 Å². The van der Waals surface area contributed by atoms with E-state index in [2.05, 4.69) is 47.4 Å². The molecule has 0 aromatic heterocycles. The van der Waals surface area contributed by atoms with Crippen molar-refractivity contribution in [3.8, 4) is 5.75 Å². The topological polar surface area (TPSA) is 118 Å². The maximum Gasteiger partial charge on any atom is 0.414 e. The minimum absolute atomic E-state index is 0.196. The van der Waals surface area contributed by atoms with Crippen LogP contribution in [0, 0.1) is 0 Å². The Hall–Kier alpha value is -3.16. The smallest absolute Gasteiger partial charge is 0.414 e. The number of aromatic hydroxyl groups is 1. The Morgan fingerprint density at radius 3 is 2.42 bits per heavy atom. The highest BCUT2D eigenvalue weighted by Crippen LogP contribution is 2.47. The van der Waals surface area contributed by atoms with Gasteiger partial charge in [0.05, 0.1) is 6.10 Å². The van der Waals surface area contributed by atoms with E-state index in [-0.39, 0.29) is 17.6 Å². The number of piperidine rings is 1. The Bertz CT molecular complexity index is 964. The third-order valence-electron chi connectivity index (χ3n) is 6.66. The molecule has 1 aliphatic heterocycles. The fourth-order valence-corrected chi connectivity index (χ4v) is 5.04. The van der Waals surface area contributed by atoms with E-state index >= 15 is 0 Å². The number of aliphatic hydroxyl groups is 1. The molecule has 2 aliphatic rings. The summed E-state index contributed by atoms with van der Waals surface area (Å²) in [6, 6.07) is 18.1. The molecule has 7 heteroatoms. The Labute approximate surface area is 193 Å². The van der Waals surface area contributed by atoms with Crippen LogP contribution in [0.4, 0.5) is 0 Å². The Kier molecular flexibility index (Phi) is 8.25. The second-order valence-electron chi connectivity index (χ2n) is 8.61. The van der Waals surface area contributed by atoms with E-state index in [1.807, 2.05) is 18.2 Å². The van der Waals surface area contributed by atoms with Crippen molar-refractivity contribution in [3.05, 3.63) is 71.8 Å². The predicted molar refractivity (Wildman–Crippen MR) is 125 cm³/mol. The molecule has 4 rings (SSSR count). The highest BCUT2D eigenvalue weighted by Gasteiger charge is 2.50. The molecule has 0 unspecified atom stereocenters. The van der Waals surface area contributed by atoms with Crippen molar-refractivity contribution < 1.29 is 30.0 Å². The van der Waals surface area contributed by atoms with Crippen molar-refractivity contribution in [1.29, 1.82) is 0 Å². The predicted octanol–water partition coefficient (Wildman–Crippen LogP) is 3.51. The van der Waals surface area contributed by atoms with Gasteiger partial charge in [0.25, 0.3) is 0 Å². The van der Waals surface area contributed by atoms with Crippen LogP contribution in [0.15, 0.2) is 60.7 Å². The maximum absolute atomic E-state index is 11.2. The SMILES string of the molecule is O=C(O)C(=O)O.Oc1cccc([C@@]23CCC[C@@H]([C@@H]2O)N(CC/C=C/c2ccccc2)CC3)c1. The number of aliphatic hydroxyl groups excluding tert-OH is 1. The summed E-state index contributed by atoms with van der Waals surface area (Å²) in [5.41, 5.74) is 2.14. The van der Waals surface area contributed by atoms with Crippen LogP contribution < -0.4 is 0 Å². The number of fused-ring (bicyclic) bond motifs is 2. The summed E-state index contributed by atoms with van der Waals surface area (Å²) in [6.45, 7) is 2.00. The fraction of sp³-hybridized carbons (Fsp3) is 0.385.